The second-order valence-corrected chi connectivity index (χ2v) is 5.44. The van der Waals surface area contributed by atoms with Crippen molar-refractivity contribution in [2.75, 3.05) is 32.7 Å². The van der Waals surface area contributed by atoms with Crippen LogP contribution in [0.3, 0.4) is 0 Å². The van der Waals surface area contributed by atoms with Crippen molar-refractivity contribution in [3.05, 3.63) is 29.8 Å². The number of hydrogen-bond acceptors (Lipinski definition) is 3. The predicted octanol–water partition coefficient (Wildman–Crippen LogP) is 3.02. The van der Waals surface area contributed by atoms with E-state index in [1.54, 1.807) is 12.1 Å². The number of nitrogens with zero attached hydrogens (tertiary/aromatic N) is 2. The van der Waals surface area contributed by atoms with Gasteiger partial charge in [-0.05, 0) is 24.1 Å². The molecular formula is C15H21F3N2O. The summed E-state index contributed by atoms with van der Waals surface area (Å²) in [6.07, 6.45) is -3.23. The Morgan fingerprint density at radius 2 is 1.67 bits per heavy atom. The van der Waals surface area contributed by atoms with Crippen molar-refractivity contribution in [1.82, 2.24) is 9.80 Å². The number of halogens is 3. The van der Waals surface area contributed by atoms with Crippen LogP contribution in [-0.4, -0.2) is 53.8 Å². The number of rotatable bonds is 4. The Hall–Kier alpha value is -1.27. The normalized spacial score (nSPS) is 19.6. The van der Waals surface area contributed by atoms with E-state index in [0.717, 1.165) is 12.0 Å². The van der Waals surface area contributed by atoms with Crippen molar-refractivity contribution in [3.63, 3.8) is 0 Å². The molecule has 3 nitrogen and oxygen atoms in total. The van der Waals surface area contributed by atoms with Crippen LogP contribution in [0, 0.1) is 0 Å². The molecule has 0 saturated carbocycles. The van der Waals surface area contributed by atoms with Gasteiger partial charge in [-0.1, -0.05) is 19.1 Å². The van der Waals surface area contributed by atoms with Gasteiger partial charge in [0.05, 0.1) is 6.54 Å². The lowest BCUT2D eigenvalue weighted by Gasteiger charge is -2.39. The summed E-state index contributed by atoms with van der Waals surface area (Å²) < 4.78 is 37.2. The Kier molecular flexibility index (Phi) is 5.11. The first-order chi connectivity index (χ1) is 9.89. The van der Waals surface area contributed by atoms with Crippen molar-refractivity contribution in [2.24, 2.45) is 0 Å². The third-order valence-electron chi connectivity index (χ3n) is 3.92. The molecule has 6 heteroatoms. The first-order valence-electron chi connectivity index (χ1n) is 7.21. The SMILES string of the molecule is CCC(c1ccc(O)cc1)N1CCN(CC(F)(F)F)CC1. The molecule has 0 bridgehead atoms. The van der Waals surface area contributed by atoms with Gasteiger partial charge < -0.3 is 5.11 Å². The number of piperazine rings is 1. The quantitative estimate of drug-likeness (QED) is 0.926. The molecule has 1 aliphatic heterocycles. The van der Waals surface area contributed by atoms with E-state index in [9.17, 15) is 18.3 Å². The van der Waals surface area contributed by atoms with E-state index in [0.29, 0.717) is 26.2 Å². The number of alkyl halides is 3. The standard InChI is InChI=1S/C15H21F3N2O/c1-2-14(12-3-5-13(21)6-4-12)20-9-7-19(8-10-20)11-15(16,17)18/h3-6,14,21H,2,7-11H2,1H3. The summed E-state index contributed by atoms with van der Waals surface area (Å²) in [6, 6.07) is 7.26. The van der Waals surface area contributed by atoms with Crippen molar-refractivity contribution >= 4 is 0 Å². The highest BCUT2D eigenvalue weighted by Crippen LogP contribution is 2.27. The molecule has 1 heterocycles. The molecule has 0 amide bonds. The van der Waals surface area contributed by atoms with E-state index in [-0.39, 0.29) is 11.8 Å². The Morgan fingerprint density at radius 1 is 1.10 bits per heavy atom. The van der Waals surface area contributed by atoms with Crippen LogP contribution in [0.5, 0.6) is 5.75 Å². The first-order valence-corrected chi connectivity index (χ1v) is 7.21. The first kappa shape index (κ1) is 16.1. The van der Waals surface area contributed by atoms with Gasteiger partial charge >= 0.3 is 6.18 Å². The van der Waals surface area contributed by atoms with Crippen molar-refractivity contribution in [1.29, 1.82) is 0 Å². The molecule has 0 aliphatic carbocycles. The lowest BCUT2D eigenvalue weighted by atomic mass is 10.0. The van der Waals surface area contributed by atoms with Crippen molar-refractivity contribution < 1.29 is 18.3 Å². The maximum absolute atomic E-state index is 12.4. The molecule has 0 radical (unpaired) electrons. The number of phenolic OH excluding ortho intramolecular Hbond substituents is 1. The summed E-state index contributed by atoms with van der Waals surface area (Å²) in [5.41, 5.74) is 1.10. The zero-order valence-electron chi connectivity index (χ0n) is 12.1. The van der Waals surface area contributed by atoms with Gasteiger partial charge in [-0.25, -0.2) is 0 Å². The molecule has 2 rings (SSSR count). The van der Waals surface area contributed by atoms with Gasteiger partial charge in [0, 0.05) is 32.2 Å². The molecule has 1 fully saturated rings. The number of phenols is 1. The number of benzene rings is 1. The third-order valence-corrected chi connectivity index (χ3v) is 3.92. The van der Waals surface area contributed by atoms with Crippen LogP contribution in [0.1, 0.15) is 24.9 Å². The van der Waals surface area contributed by atoms with Crippen LogP contribution in [0.4, 0.5) is 13.2 Å². The van der Waals surface area contributed by atoms with Crippen LogP contribution in [-0.2, 0) is 0 Å². The van der Waals surface area contributed by atoms with Crippen LogP contribution < -0.4 is 0 Å². The smallest absolute Gasteiger partial charge is 0.401 e. The molecule has 1 aromatic rings. The van der Waals surface area contributed by atoms with Gasteiger partial charge in [0.1, 0.15) is 5.75 Å². The topological polar surface area (TPSA) is 26.7 Å². The highest BCUT2D eigenvalue weighted by Gasteiger charge is 2.33. The fourth-order valence-electron chi connectivity index (χ4n) is 2.89. The van der Waals surface area contributed by atoms with Crippen LogP contribution in [0.25, 0.3) is 0 Å². The Morgan fingerprint density at radius 3 is 2.14 bits per heavy atom. The zero-order valence-corrected chi connectivity index (χ0v) is 12.1. The third kappa shape index (κ3) is 4.61. The maximum atomic E-state index is 12.4. The molecule has 118 valence electrons. The van der Waals surface area contributed by atoms with Crippen molar-refractivity contribution in [2.45, 2.75) is 25.6 Å². The number of hydrogen-bond donors (Lipinski definition) is 1. The molecule has 0 aromatic heterocycles. The predicted molar refractivity (Wildman–Crippen MR) is 75.2 cm³/mol. The van der Waals surface area contributed by atoms with Crippen LogP contribution in [0.2, 0.25) is 0 Å². The molecule has 21 heavy (non-hydrogen) atoms. The lowest BCUT2D eigenvalue weighted by Crippen LogP contribution is -2.50. The van der Waals surface area contributed by atoms with E-state index in [4.69, 9.17) is 0 Å². The zero-order chi connectivity index (χ0) is 15.5. The second-order valence-electron chi connectivity index (χ2n) is 5.44. The lowest BCUT2D eigenvalue weighted by molar-refractivity contribution is -0.149. The molecule has 0 spiro atoms. The minimum Gasteiger partial charge on any atom is -0.508 e. The maximum Gasteiger partial charge on any atom is 0.401 e. The summed E-state index contributed by atoms with van der Waals surface area (Å²) in [4.78, 5) is 3.68. The molecular weight excluding hydrogens is 281 g/mol. The van der Waals surface area contributed by atoms with E-state index in [1.165, 1.54) is 4.90 Å². The highest BCUT2D eigenvalue weighted by molar-refractivity contribution is 5.28. The van der Waals surface area contributed by atoms with Crippen LogP contribution in [0.15, 0.2) is 24.3 Å². The minimum atomic E-state index is -4.12. The Labute approximate surface area is 123 Å². The average Bonchev–Trinajstić information content (AvgIpc) is 2.42. The molecule has 1 atom stereocenters. The van der Waals surface area contributed by atoms with E-state index < -0.39 is 12.7 Å². The second kappa shape index (κ2) is 6.66. The van der Waals surface area contributed by atoms with Crippen LogP contribution >= 0.6 is 0 Å². The monoisotopic (exact) mass is 302 g/mol. The highest BCUT2D eigenvalue weighted by atomic mass is 19.4. The van der Waals surface area contributed by atoms with Gasteiger partial charge in [-0.2, -0.15) is 13.2 Å². The molecule has 1 aliphatic rings. The molecule has 1 aromatic carbocycles. The Balaban J connectivity index is 1.95. The number of aromatic hydroxyl groups is 1. The summed E-state index contributed by atoms with van der Waals surface area (Å²) >= 11 is 0. The van der Waals surface area contributed by atoms with Crippen molar-refractivity contribution in [3.8, 4) is 5.75 Å². The summed E-state index contributed by atoms with van der Waals surface area (Å²) in [5, 5.41) is 9.34. The van der Waals surface area contributed by atoms with Gasteiger partial charge in [0.15, 0.2) is 0 Å². The summed E-state index contributed by atoms with van der Waals surface area (Å²) in [6.45, 7) is 3.39. The largest absolute Gasteiger partial charge is 0.508 e. The van der Waals surface area contributed by atoms with Gasteiger partial charge in [0.2, 0.25) is 0 Å². The van der Waals surface area contributed by atoms with E-state index in [2.05, 4.69) is 11.8 Å². The fourth-order valence-corrected chi connectivity index (χ4v) is 2.89. The average molecular weight is 302 g/mol. The van der Waals surface area contributed by atoms with E-state index >= 15 is 0 Å². The molecule has 1 N–H and O–H groups in total. The summed E-state index contributed by atoms with van der Waals surface area (Å²) in [7, 11) is 0. The minimum absolute atomic E-state index is 0.193. The van der Waals surface area contributed by atoms with Gasteiger partial charge in [0.25, 0.3) is 0 Å². The Bertz CT molecular complexity index is 439. The molecule has 1 unspecified atom stereocenters. The van der Waals surface area contributed by atoms with Gasteiger partial charge in [-0.3, -0.25) is 9.80 Å². The summed E-state index contributed by atoms with van der Waals surface area (Å²) in [5.74, 6) is 0.226. The van der Waals surface area contributed by atoms with Gasteiger partial charge in [-0.15, -0.1) is 0 Å². The molecule has 1 saturated heterocycles. The fraction of sp³-hybridized carbons (Fsp3) is 0.600. The van der Waals surface area contributed by atoms with E-state index in [1.807, 2.05) is 12.1 Å².